The maximum Gasteiger partial charge on any atom is 0.311 e. The van der Waals surface area contributed by atoms with Crippen molar-refractivity contribution in [2.24, 2.45) is 0 Å². The van der Waals surface area contributed by atoms with Gasteiger partial charge in [0.05, 0.1) is 27.8 Å². The summed E-state index contributed by atoms with van der Waals surface area (Å²) < 4.78 is 27.0. The summed E-state index contributed by atoms with van der Waals surface area (Å²) in [7, 11) is 4.55. The number of ether oxygens (including phenoxy) is 4. The molecule has 0 spiro atoms. The van der Waals surface area contributed by atoms with Gasteiger partial charge in [-0.05, 0) is 36.8 Å². The predicted octanol–water partition coefficient (Wildman–Crippen LogP) is 3.61. The number of carbonyl (C=O) groups is 1. The molecule has 0 N–H and O–H groups in total. The van der Waals surface area contributed by atoms with Crippen LogP contribution in [-0.4, -0.2) is 37.5 Å². The van der Waals surface area contributed by atoms with E-state index in [0.717, 1.165) is 5.56 Å². The van der Waals surface area contributed by atoms with E-state index in [1.165, 1.54) is 21.3 Å². The second-order valence-electron chi connectivity index (χ2n) is 6.15. The van der Waals surface area contributed by atoms with Gasteiger partial charge in [0, 0.05) is 5.56 Å². The maximum absolute atomic E-state index is 12.4. The number of rotatable bonds is 8. The van der Waals surface area contributed by atoms with Gasteiger partial charge in [0.15, 0.2) is 17.6 Å². The molecule has 0 saturated carbocycles. The highest BCUT2D eigenvalue weighted by molar-refractivity contribution is 5.73. The minimum absolute atomic E-state index is 0.0146. The highest BCUT2D eigenvalue weighted by Gasteiger charge is 2.20. The summed E-state index contributed by atoms with van der Waals surface area (Å²) in [6.07, 6.45) is -0.671. The summed E-state index contributed by atoms with van der Waals surface area (Å²) in [6, 6.07) is 12.8. The maximum atomic E-state index is 12.4. The number of aromatic nitrogens is 2. The number of esters is 1. The fourth-order valence-electron chi connectivity index (χ4n) is 2.79. The molecular formula is C21H22N2O6. The lowest BCUT2D eigenvalue weighted by Crippen LogP contribution is -2.12. The van der Waals surface area contributed by atoms with Crippen molar-refractivity contribution in [1.82, 2.24) is 10.2 Å². The second kappa shape index (κ2) is 9.09. The Kier molecular flexibility index (Phi) is 6.33. The Balaban J connectivity index is 1.69. The topological polar surface area (TPSA) is 92.9 Å². The quantitative estimate of drug-likeness (QED) is 0.531. The summed E-state index contributed by atoms with van der Waals surface area (Å²) in [4.78, 5) is 12.4. The van der Waals surface area contributed by atoms with E-state index in [9.17, 15) is 4.79 Å². The molecule has 152 valence electrons. The molecule has 2 aromatic carbocycles. The molecule has 3 rings (SSSR count). The minimum Gasteiger partial charge on any atom is -0.493 e. The fraction of sp³-hybridized carbons (Fsp3) is 0.286. The van der Waals surface area contributed by atoms with Crippen molar-refractivity contribution >= 4 is 5.97 Å². The highest BCUT2D eigenvalue weighted by Crippen LogP contribution is 2.38. The van der Waals surface area contributed by atoms with Crippen molar-refractivity contribution in [2.45, 2.75) is 19.4 Å². The van der Waals surface area contributed by atoms with E-state index in [1.54, 1.807) is 19.1 Å². The molecule has 0 unspecified atom stereocenters. The molecule has 0 aliphatic carbocycles. The van der Waals surface area contributed by atoms with Crippen LogP contribution in [0, 0.1) is 0 Å². The largest absolute Gasteiger partial charge is 0.493 e. The zero-order valence-electron chi connectivity index (χ0n) is 16.7. The van der Waals surface area contributed by atoms with Crippen LogP contribution < -0.4 is 14.2 Å². The van der Waals surface area contributed by atoms with Gasteiger partial charge in [0.25, 0.3) is 5.89 Å². The van der Waals surface area contributed by atoms with Gasteiger partial charge in [-0.1, -0.05) is 18.2 Å². The molecule has 0 fully saturated rings. The molecule has 0 aliphatic rings. The zero-order valence-corrected chi connectivity index (χ0v) is 16.7. The summed E-state index contributed by atoms with van der Waals surface area (Å²) in [5, 5.41) is 7.99. The van der Waals surface area contributed by atoms with Crippen LogP contribution in [0.5, 0.6) is 17.2 Å². The van der Waals surface area contributed by atoms with E-state index in [0.29, 0.717) is 28.7 Å². The van der Waals surface area contributed by atoms with Crippen LogP contribution in [0.15, 0.2) is 46.9 Å². The third-order valence-corrected chi connectivity index (χ3v) is 4.19. The van der Waals surface area contributed by atoms with Crippen LogP contribution in [0.2, 0.25) is 0 Å². The van der Waals surface area contributed by atoms with E-state index < -0.39 is 12.1 Å². The first-order valence-electron chi connectivity index (χ1n) is 8.93. The first-order valence-corrected chi connectivity index (χ1v) is 8.93. The second-order valence-corrected chi connectivity index (χ2v) is 6.15. The SMILES string of the molecule is COc1cc(CC(=O)O[C@@H](C)c2nnc(-c3ccccc3)o2)cc(OC)c1OC. The number of hydrogen-bond donors (Lipinski definition) is 0. The van der Waals surface area contributed by atoms with E-state index >= 15 is 0 Å². The van der Waals surface area contributed by atoms with Crippen LogP contribution in [0.1, 0.15) is 24.5 Å². The number of carbonyl (C=O) groups excluding carboxylic acids is 1. The number of methoxy groups -OCH3 is 3. The van der Waals surface area contributed by atoms with Crippen molar-refractivity contribution in [3.63, 3.8) is 0 Å². The Labute approximate surface area is 168 Å². The van der Waals surface area contributed by atoms with Gasteiger partial charge in [-0.2, -0.15) is 0 Å². The van der Waals surface area contributed by atoms with Crippen LogP contribution in [0.3, 0.4) is 0 Å². The van der Waals surface area contributed by atoms with Gasteiger partial charge < -0.3 is 23.4 Å². The van der Waals surface area contributed by atoms with Crippen LogP contribution in [0.25, 0.3) is 11.5 Å². The van der Waals surface area contributed by atoms with Crippen LogP contribution in [0.4, 0.5) is 0 Å². The Bertz CT molecular complexity index is 945. The fourth-order valence-corrected chi connectivity index (χ4v) is 2.79. The highest BCUT2D eigenvalue weighted by atomic mass is 16.6. The summed E-state index contributed by atoms with van der Waals surface area (Å²) in [6.45, 7) is 1.68. The average molecular weight is 398 g/mol. The Morgan fingerprint density at radius 2 is 1.66 bits per heavy atom. The number of benzene rings is 2. The first-order chi connectivity index (χ1) is 14.0. The molecule has 29 heavy (non-hydrogen) atoms. The first kappa shape index (κ1) is 20.2. The molecular weight excluding hydrogens is 376 g/mol. The molecule has 8 nitrogen and oxygen atoms in total. The molecule has 0 radical (unpaired) electrons. The van der Waals surface area contributed by atoms with Crippen molar-refractivity contribution in [3.05, 3.63) is 53.9 Å². The molecule has 0 amide bonds. The van der Waals surface area contributed by atoms with E-state index in [-0.39, 0.29) is 12.3 Å². The van der Waals surface area contributed by atoms with Gasteiger partial charge in [-0.25, -0.2) is 0 Å². The van der Waals surface area contributed by atoms with Gasteiger partial charge in [-0.15, -0.1) is 10.2 Å². The normalized spacial score (nSPS) is 11.6. The molecule has 3 aromatic rings. The molecule has 0 saturated heterocycles. The average Bonchev–Trinajstić information content (AvgIpc) is 3.24. The number of nitrogens with zero attached hydrogens (tertiary/aromatic N) is 2. The van der Waals surface area contributed by atoms with E-state index in [4.69, 9.17) is 23.4 Å². The minimum atomic E-state index is -0.686. The van der Waals surface area contributed by atoms with Gasteiger partial charge in [-0.3, -0.25) is 4.79 Å². The summed E-state index contributed by atoms with van der Waals surface area (Å²) in [5.74, 6) is 1.53. The molecule has 0 bridgehead atoms. The van der Waals surface area contributed by atoms with Crippen LogP contribution in [-0.2, 0) is 16.0 Å². The summed E-state index contributed by atoms with van der Waals surface area (Å²) in [5.41, 5.74) is 1.45. The Morgan fingerprint density at radius 3 is 2.24 bits per heavy atom. The standard InChI is InChI=1S/C21H22N2O6/c1-13(20-22-23-21(29-20)15-8-6-5-7-9-15)28-18(24)12-14-10-16(25-2)19(27-4)17(11-14)26-3/h5-11,13H,12H2,1-4H3/t13-/m0/s1. The predicted molar refractivity (Wildman–Crippen MR) is 104 cm³/mol. The van der Waals surface area contributed by atoms with Crippen molar-refractivity contribution in [3.8, 4) is 28.7 Å². The smallest absolute Gasteiger partial charge is 0.311 e. The third-order valence-electron chi connectivity index (χ3n) is 4.19. The monoisotopic (exact) mass is 398 g/mol. The van der Waals surface area contributed by atoms with Gasteiger partial charge in [0.1, 0.15) is 0 Å². The Hall–Kier alpha value is -3.55. The Morgan fingerprint density at radius 1 is 1.00 bits per heavy atom. The van der Waals surface area contributed by atoms with Crippen LogP contribution >= 0.6 is 0 Å². The molecule has 1 heterocycles. The molecule has 0 aliphatic heterocycles. The van der Waals surface area contributed by atoms with Gasteiger partial charge in [0.2, 0.25) is 11.6 Å². The van der Waals surface area contributed by atoms with Crippen molar-refractivity contribution in [2.75, 3.05) is 21.3 Å². The van der Waals surface area contributed by atoms with E-state index in [1.807, 2.05) is 30.3 Å². The molecule has 1 atom stereocenters. The van der Waals surface area contributed by atoms with Gasteiger partial charge >= 0.3 is 5.97 Å². The van der Waals surface area contributed by atoms with Crippen molar-refractivity contribution < 1.29 is 28.2 Å². The van der Waals surface area contributed by atoms with E-state index in [2.05, 4.69) is 10.2 Å². The molecule has 1 aromatic heterocycles. The third kappa shape index (κ3) is 4.66. The number of hydrogen-bond acceptors (Lipinski definition) is 8. The lowest BCUT2D eigenvalue weighted by atomic mass is 10.1. The molecule has 8 heteroatoms. The summed E-state index contributed by atoms with van der Waals surface area (Å²) >= 11 is 0. The lowest BCUT2D eigenvalue weighted by molar-refractivity contribution is -0.148. The van der Waals surface area contributed by atoms with Crippen molar-refractivity contribution in [1.29, 1.82) is 0 Å². The lowest BCUT2D eigenvalue weighted by Gasteiger charge is -2.14. The zero-order chi connectivity index (χ0) is 20.8.